The lowest BCUT2D eigenvalue weighted by molar-refractivity contribution is -0.120. The molecule has 2 fully saturated rings. The third kappa shape index (κ3) is 4.58. The first-order valence-corrected chi connectivity index (χ1v) is 10.5. The van der Waals surface area contributed by atoms with Crippen molar-refractivity contribution in [1.82, 2.24) is 25.2 Å². The van der Waals surface area contributed by atoms with Crippen molar-refractivity contribution in [3.63, 3.8) is 0 Å². The van der Waals surface area contributed by atoms with Crippen LogP contribution in [-0.4, -0.2) is 87.3 Å². The highest BCUT2D eigenvalue weighted by Gasteiger charge is 2.42. The lowest BCUT2D eigenvalue weighted by atomic mass is 10.1. The minimum Gasteiger partial charge on any atom is -0.390 e. The van der Waals surface area contributed by atoms with Crippen LogP contribution in [0.2, 0.25) is 0 Å². The smallest absolute Gasteiger partial charge is 0.217 e. The number of nitrogens with zero attached hydrogens (tertiary/aromatic N) is 4. The minimum absolute atomic E-state index is 0.165. The zero-order valence-electron chi connectivity index (χ0n) is 14.7. The molecule has 1 saturated carbocycles. The van der Waals surface area contributed by atoms with E-state index < -0.39 is 28.1 Å². The van der Waals surface area contributed by atoms with Gasteiger partial charge in [-0.25, -0.2) is 8.42 Å². The number of rotatable bonds is 5. The van der Waals surface area contributed by atoms with Crippen LogP contribution in [-0.2, 0) is 27.7 Å². The molecule has 1 aliphatic heterocycles. The Bertz CT molecular complexity index is 737. The molecule has 10 nitrogen and oxygen atoms in total. The number of amides is 1. The first-order valence-electron chi connectivity index (χ1n) is 8.68. The molecule has 26 heavy (non-hydrogen) atoms. The number of hydrogen-bond acceptors (Lipinski definition) is 8. The molecule has 146 valence electrons. The second-order valence-electron chi connectivity index (χ2n) is 7.14. The van der Waals surface area contributed by atoms with E-state index in [0.29, 0.717) is 32.6 Å². The van der Waals surface area contributed by atoms with Crippen molar-refractivity contribution < 1.29 is 23.4 Å². The van der Waals surface area contributed by atoms with E-state index in [9.17, 15) is 23.4 Å². The highest BCUT2D eigenvalue weighted by molar-refractivity contribution is 7.91. The molecule has 1 saturated heterocycles. The Balaban J connectivity index is 1.54. The molecule has 3 N–H and O–H groups in total. The van der Waals surface area contributed by atoms with Gasteiger partial charge < -0.3 is 15.5 Å². The second-order valence-corrected chi connectivity index (χ2v) is 9.45. The van der Waals surface area contributed by atoms with Crippen LogP contribution in [0.1, 0.15) is 19.0 Å². The summed E-state index contributed by atoms with van der Waals surface area (Å²) in [6, 6.07) is -0.467. The third-order valence-corrected chi connectivity index (χ3v) is 6.63. The molecule has 11 heteroatoms. The van der Waals surface area contributed by atoms with E-state index >= 15 is 0 Å². The number of hydrogen-bond donors (Lipinski definition) is 3. The molecule has 1 amide bonds. The fraction of sp³-hybridized carbons (Fsp3) is 0.800. The van der Waals surface area contributed by atoms with Gasteiger partial charge in [0.2, 0.25) is 5.91 Å². The normalized spacial score (nSPS) is 31.8. The van der Waals surface area contributed by atoms with E-state index in [1.165, 1.54) is 6.92 Å². The number of sulfone groups is 1. The average Bonchev–Trinajstić information content (AvgIpc) is 3.10. The van der Waals surface area contributed by atoms with Crippen molar-refractivity contribution in [2.75, 3.05) is 24.6 Å². The van der Waals surface area contributed by atoms with Crippen LogP contribution in [0.3, 0.4) is 0 Å². The van der Waals surface area contributed by atoms with Gasteiger partial charge in [0.25, 0.3) is 0 Å². The van der Waals surface area contributed by atoms with E-state index in [4.69, 9.17) is 0 Å². The molecule has 1 aliphatic carbocycles. The monoisotopic (exact) mass is 387 g/mol. The first-order chi connectivity index (χ1) is 12.2. The molecule has 2 aliphatic rings. The summed E-state index contributed by atoms with van der Waals surface area (Å²) in [5, 5.41) is 31.1. The van der Waals surface area contributed by atoms with Crippen LogP contribution < -0.4 is 5.32 Å². The summed E-state index contributed by atoms with van der Waals surface area (Å²) in [5.41, 5.74) is 0.732. The summed E-state index contributed by atoms with van der Waals surface area (Å²) in [5.74, 6) is -0.152. The van der Waals surface area contributed by atoms with Gasteiger partial charge in [0.15, 0.2) is 9.84 Å². The van der Waals surface area contributed by atoms with Crippen LogP contribution in [0.15, 0.2) is 6.20 Å². The van der Waals surface area contributed by atoms with Gasteiger partial charge in [0, 0.05) is 45.2 Å². The average molecular weight is 387 g/mol. The van der Waals surface area contributed by atoms with Crippen molar-refractivity contribution >= 4 is 15.7 Å². The first kappa shape index (κ1) is 19.2. The maximum absolute atomic E-state index is 11.5. The third-order valence-electron chi connectivity index (χ3n) is 5.02. The predicted molar refractivity (Wildman–Crippen MR) is 91.7 cm³/mol. The van der Waals surface area contributed by atoms with Gasteiger partial charge in [-0.3, -0.25) is 14.4 Å². The van der Waals surface area contributed by atoms with Gasteiger partial charge in [-0.05, 0) is 6.42 Å². The summed E-state index contributed by atoms with van der Waals surface area (Å²) >= 11 is 0. The molecule has 0 bridgehead atoms. The number of aromatic nitrogens is 3. The minimum atomic E-state index is -2.91. The molecule has 3 rings (SSSR count). The Morgan fingerprint density at radius 2 is 2.00 bits per heavy atom. The van der Waals surface area contributed by atoms with Crippen molar-refractivity contribution in [3.8, 4) is 0 Å². The van der Waals surface area contributed by atoms with Gasteiger partial charge >= 0.3 is 0 Å². The molecule has 2 heterocycles. The zero-order valence-corrected chi connectivity index (χ0v) is 15.5. The number of carbonyl (C=O) groups is 1. The summed E-state index contributed by atoms with van der Waals surface area (Å²) in [4.78, 5) is 13.2. The fourth-order valence-corrected chi connectivity index (χ4v) is 4.86. The number of aliphatic hydroxyl groups excluding tert-OH is 2. The van der Waals surface area contributed by atoms with Crippen molar-refractivity contribution in [1.29, 1.82) is 0 Å². The molecule has 4 unspecified atom stereocenters. The maximum Gasteiger partial charge on any atom is 0.217 e. The van der Waals surface area contributed by atoms with Gasteiger partial charge in [-0.2, -0.15) is 0 Å². The molecule has 1 aromatic heterocycles. The van der Waals surface area contributed by atoms with E-state index in [0.717, 1.165) is 5.69 Å². The topological polar surface area (TPSA) is 138 Å². The van der Waals surface area contributed by atoms with Gasteiger partial charge in [0.05, 0.1) is 29.3 Å². The highest BCUT2D eigenvalue weighted by Crippen LogP contribution is 2.28. The Morgan fingerprint density at radius 1 is 1.31 bits per heavy atom. The van der Waals surface area contributed by atoms with Crippen LogP contribution in [0, 0.1) is 5.92 Å². The lowest BCUT2D eigenvalue weighted by Gasteiger charge is -2.25. The van der Waals surface area contributed by atoms with Crippen molar-refractivity contribution in [3.05, 3.63) is 11.9 Å². The summed E-state index contributed by atoms with van der Waals surface area (Å²) in [6.45, 7) is 3.26. The molecular formula is C15H25N5O5S. The van der Waals surface area contributed by atoms with Crippen LogP contribution >= 0.6 is 0 Å². The van der Waals surface area contributed by atoms with Crippen LogP contribution in [0.4, 0.5) is 0 Å². The Labute approximate surface area is 152 Å². The van der Waals surface area contributed by atoms with Crippen LogP contribution in [0.25, 0.3) is 0 Å². The van der Waals surface area contributed by atoms with E-state index in [2.05, 4.69) is 15.6 Å². The van der Waals surface area contributed by atoms with Crippen molar-refractivity contribution in [2.45, 2.75) is 44.7 Å². The van der Waals surface area contributed by atoms with Crippen LogP contribution in [0.5, 0.6) is 0 Å². The quantitative estimate of drug-likeness (QED) is 0.515. The van der Waals surface area contributed by atoms with Crippen molar-refractivity contribution in [2.24, 2.45) is 5.92 Å². The molecule has 0 radical (unpaired) electrons. The highest BCUT2D eigenvalue weighted by atomic mass is 32.2. The zero-order chi connectivity index (χ0) is 18.9. The second kappa shape index (κ2) is 7.59. The van der Waals surface area contributed by atoms with E-state index in [-0.39, 0.29) is 23.3 Å². The predicted octanol–water partition coefficient (Wildman–Crippen LogP) is -2.25. The summed E-state index contributed by atoms with van der Waals surface area (Å²) < 4.78 is 24.6. The Morgan fingerprint density at radius 3 is 2.65 bits per heavy atom. The Kier molecular flexibility index (Phi) is 5.61. The number of carbonyl (C=O) groups excluding carboxylic acids is 1. The van der Waals surface area contributed by atoms with E-state index in [1.807, 2.05) is 4.90 Å². The van der Waals surface area contributed by atoms with Gasteiger partial charge in [0.1, 0.15) is 6.10 Å². The van der Waals surface area contributed by atoms with Gasteiger partial charge in [-0.15, -0.1) is 5.10 Å². The fourth-order valence-electron chi connectivity index (χ4n) is 3.59. The standard InChI is InChI=1S/C15H25N5O5S/c1-10(21)16-13-6-11(14(22)15(13)23)7-20-9-12(17-18-20)8-19-2-4-26(24,25)5-3-19/h9,11,13-15,22-23H,2-8H2,1H3,(H,16,21). The summed E-state index contributed by atoms with van der Waals surface area (Å²) in [7, 11) is -2.91. The van der Waals surface area contributed by atoms with Gasteiger partial charge in [-0.1, -0.05) is 5.21 Å². The number of aliphatic hydroxyl groups is 2. The SMILES string of the molecule is CC(=O)NC1CC(Cn2cc(CN3CCS(=O)(=O)CC3)nn2)C(O)C1O. The van der Waals surface area contributed by atoms with E-state index in [1.54, 1.807) is 10.9 Å². The molecule has 4 atom stereocenters. The number of nitrogens with one attached hydrogen (secondary N) is 1. The maximum atomic E-state index is 11.5. The Hall–Kier alpha value is -1.56. The molecule has 0 spiro atoms. The lowest BCUT2D eigenvalue weighted by Crippen LogP contribution is -2.42. The summed E-state index contributed by atoms with van der Waals surface area (Å²) in [6.07, 6.45) is 0.295. The molecular weight excluding hydrogens is 362 g/mol. The largest absolute Gasteiger partial charge is 0.390 e. The molecule has 0 aromatic carbocycles. The molecule has 1 aromatic rings.